The zero-order valence-corrected chi connectivity index (χ0v) is 12.1. The lowest BCUT2D eigenvalue weighted by Crippen LogP contribution is -2.28. The molecule has 1 amide bonds. The molecule has 1 rings (SSSR count). The van der Waals surface area contributed by atoms with Gasteiger partial charge < -0.3 is 19.9 Å². The van der Waals surface area contributed by atoms with Gasteiger partial charge in [-0.25, -0.2) is 0 Å². The van der Waals surface area contributed by atoms with E-state index >= 15 is 0 Å². The van der Waals surface area contributed by atoms with Gasteiger partial charge in [-0.05, 0) is 30.5 Å². The first-order valence-corrected chi connectivity index (χ1v) is 6.72. The normalized spacial score (nSPS) is 11.9. The van der Waals surface area contributed by atoms with Gasteiger partial charge in [0, 0.05) is 20.1 Å². The topological polar surface area (TPSA) is 67.8 Å². The van der Waals surface area contributed by atoms with Crippen molar-refractivity contribution in [1.29, 1.82) is 0 Å². The van der Waals surface area contributed by atoms with Gasteiger partial charge in [0.2, 0.25) is 5.91 Å². The number of aryl methyl sites for hydroxylation is 1. The molecule has 0 aliphatic rings. The number of carbonyl (C=O) groups is 1. The van der Waals surface area contributed by atoms with E-state index in [1.54, 1.807) is 7.11 Å². The first-order valence-electron chi connectivity index (χ1n) is 6.72. The van der Waals surface area contributed by atoms with Gasteiger partial charge in [0.1, 0.15) is 5.75 Å². The van der Waals surface area contributed by atoms with Crippen LogP contribution >= 0.6 is 0 Å². The van der Waals surface area contributed by atoms with E-state index in [9.17, 15) is 9.90 Å². The Kier molecular flexibility index (Phi) is 7.69. The van der Waals surface area contributed by atoms with E-state index in [4.69, 9.17) is 9.47 Å². The minimum absolute atomic E-state index is 0.0163. The molecule has 2 N–H and O–H groups in total. The average Bonchev–Trinajstić information content (AvgIpc) is 2.45. The molecule has 0 spiro atoms. The van der Waals surface area contributed by atoms with Gasteiger partial charge in [-0.2, -0.15) is 0 Å². The highest BCUT2D eigenvalue weighted by molar-refractivity contribution is 5.76. The summed E-state index contributed by atoms with van der Waals surface area (Å²) >= 11 is 0. The molecule has 112 valence electrons. The van der Waals surface area contributed by atoms with Crippen molar-refractivity contribution in [2.75, 3.05) is 27.4 Å². The maximum absolute atomic E-state index is 11.7. The number of nitrogens with one attached hydrogen (secondary N) is 1. The predicted octanol–water partition coefficient (Wildman–Crippen LogP) is 1.14. The number of carbonyl (C=O) groups excluding carboxylic acids is 1. The summed E-state index contributed by atoms with van der Waals surface area (Å²) in [7, 11) is 3.16. The number of methoxy groups -OCH3 is 2. The Morgan fingerprint density at radius 2 is 2.20 bits per heavy atom. The summed E-state index contributed by atoms with van der Waals surface area (Å²) in [5.41, 5.74) is 1.07. The fraction of sp³-hybridized carbons (Fsp3) is 0.533. The minimum atomic E-state index is -0.529. The van der Waals surface area contributed by atoms with Crippen molar-refractivity contribution in [2.45, 2.75) is 25.4 Å². The van der Waals surface area contributed by atoms with Gasteiger partial charge in [0.05, 0.1) is 19.8 Å². The molecule has 5 heteroatoms. The molecular formula is C15H23NO4. The quantitative estimate of drug-likeness (QED) is 0.712. The van der Waals surface area contributed by atoms with Crippen LogP contribution in [0.1, 0.15) is 18.4 Å². The smallest absolute Gasteiger partial charge is 0.220 e. The van der Waals surface area contributed by atoms with Gasteiger partial charge in [0.25, 0.3) is 0 Å². The molecular weight excluding hydrogens is 258 g/mol. The predicted molar refractivity (Wildman–Crippen MR) is 76.8 cm³/mol. The van der Waals surface area contributed by atoms with Gasteiger partial charge in [-0.15, -0.1) is 0 Å². The number of hydrogen-bond acceptors (Lipinski definition) is 4. The fourth-order valence-electron chi connectivity index (χ4n) is 1.83. The zero-order chi connectivity index (χ0) is 14.8. The molecule has 20 heavy (non-hydrogen) atoms. The molecule has 0 aliphatic carbocycles. The SMILES string of the molecule is COCC(O)CCNC(=O)CCc1cccc(OC)c1. The summed E-state index contributed by atoms with van der Waals surface area (Å²) in [6.45, 7) is 0.751. The highest BCUT2D eigenvalue weighted by Crippen LogP contribution is 2.13. The lowest BCUT2D eigenvalue weighted by molar-refractivity contribution is -0.121. The second kappa shape index (κ2) is 9.34. The number of ether oxygens (including phenoxy) is 2. The Morgan fingerprint density at radius 1 is 1.40 bits per heavy atom. The summed E-state index contributed by atoms with van der Waals surface area (Å²) in [5.74, 6) is 0.781. The maximum atomic E-state index is 11.7. The highest BCUT2D eigenvalue weighted by atomic mass is 16.5. The number of benzene rings is 1. The van der Waals surface area contributed by atoms with Gasteiger partial charge in [-0.3, -0.25) is 4.79 Å². The van der Waals surface area contributed by atoms with E-state index in [1.807, 2.05) is 24.3 Å². The van der Waals surface area contributed by atoms with Crippen molar-refractivity contribution in [2.24, 2.45) is 0 Å². The summed E-state index contributed by atoms with van der Waals surface area (Å²) in [4.78, 5) is 11.7. The Bertz CT molecular complexity index is 409. The number of aliphatic hydroxyl groups is 1. The van der Waals surface area contributed by atoms with Crippen LogP contribution in [0.5, 0.6) is 5.75 Å². The first kappa shape index (κ1) is 16.5. The molecule has 5 nitrogen and oxygen atoms in total. The summed E-state index contributed by atoms with van der Waals surface area (Å²) in [6, 6.07) is 7.68. The fourth-order valence-corrected chi connectivity index (χ4v) is 1.83. The van der Waals surface area contributed by atoms with E-state index in [2.05, 4.69) is 5.32 Å². The maximum Gasteiger partial charge on any atom is 0.220 e. The summed E-state index contributed by atoms with van der Waals surface area (Å²) in [6.07, 6.45) is 1.06. The Morgan fingerprint density at radius 3 is 2.90 bits per heavy atom. The van der Waals surface area contributed by atoms with E-state index in [0.29, 0.717) is 32.4 Å². The van der Waals surface area contributed by atoms with Crippen molar-refractivity contribution in [3.05, 3.63) is 29.8 Å². The molecule has 0 heterocycles. The van der Waals surface area contributed by atoms with Crippen molar-refractivity contribution >= 4 is 5.91 Å². The summed E-state index contributed by atoms with van der Waals surface area (Å²) in [5, 5.41) is 12.2. The molecule has 0 aliphatic heterocycles. The van der Waals surface area contributed by atoms with Crippen LogP contribution in [0.4, 0.5) is 0 Å². The molecule has 0 fully saturated rings. The van der Waals surface area contributed by atoms with Crippen LogP contribution in [0, 0.1) is 0 Å². The molecule has 0 radical (unpaired) electrons. The number of aliphatic hydroxyl groups excluding tert-OH is 1. The van der Waals surface area contributed by atoms with Crippen molar-refractivity contribution < 1.29 is 19.4 Å². The van der Waals surface area contributed by atoms with Crippen molar-refractivity contribution in [3.8, 4) is 5.75 Å². The van der Waals surface area contributed by atoms with E-state index in [1.165, 1.54) is 7.11 Å². The molecule has 1 aromatic carbocycles. The highest BCUT2D eigenvalue weighted by Gasteiger charge is 2.06. The standard InChI is InChI=1S/C15H23NO4/c1-19-11-13(17)8-9-16-15(18)7-6-12-4-3-5-14(10-12)20-2/h3-5,10,13,17H,6-9,11H2,1-2H3,(H,16,18). The first-order chi connectivity index (χ1) is 9.65. The van der Waals surface area contributed by atoms with Gasteiger partial charge in [-0.1, -0.05) is 12.1 Å². The lowest BCUT2D eigenvalue weighted by atomic mass is 10.1. The van der Waals surface area contributed by atoms with Crippen LogP contribution in [0.2, 0.25) is 0 Å². The number of amides is 1. The largest absolute Gasteiger partial charge is 0.497 e. The van der Waals surface area contributed by atoms with Crippen LogP contribution in [0.15, 0.2) is 24.3 Å². The summed E-state index contributed by atoms with van der Waals surface area (Å²) < 4.78 is 9.95. The molecule has 0 saturated carbocycles. The van der Waals surface area contributed by atoms with E-state index in [0.717, 1.165) is 11.3 Å². The van der Waals surface area contributed by atoms with E-state index in [-0.39, 0.29) is 5.91 Å². The molecule has 1 atom stereocenters. The minimum Gasteiger partial charge on any atom is -0.497 e. The van der Waals surface area contributed by atoms with E-state index < -0.39 is 6.10 Å². The number of hydrogen-bond donors (Lipinski definition) is 2. The van der Waals surface area contributed by atoms with Crippen LogP contribution < -0.4 is 10.1 Å². The van der Waals surface area contributed by atoms with Crippen LogP contribution in [0.25, 0.3) is 0 Å². The Balaban J connectivity index is 2.22. The van der Waals surface area contributed by atoms with Crippen molar-refractivity contribution in [3.63, 3.8) is 0 Å². The third-order valence-corrected chi connectivity index (χ3v) is 2.93. The lowest BCUT2D eigenvalue weighted by Gasteiger charge is -2.10. The van der Waals surface area contributed by atoms with Gasteiger partial charge >= 0.3 is 0 Å². The Labute approximate surface area is 119 Å². The third kappa shape index (κ3) is 6.54. The second-order valence-corrected chi connectivity index (χ2v) is 4.60. The molecule has 1 unspecified atom stereocenters. The van der Waals surface area contributed by atoms with Crippen LogP contribution in [-0.2, 0) is 16.0 Å². The average molecular weight is 281 g/mol. The number of rotatable bonds is 9. The third-order valence-electron chi connectivity index (χ3n) is 2.93. The van der Waals surface area contributed by atoms with Crippen LogP contribution in [-0.4, -0.2) is 44.5 Å². The Hall–Kier alpha value is -1.59. The molecule has 0 aromatic heterocycles. The molecule has 0 saturated heterocycles. The van der Waals surface area contributed by atoms with Gasteiger partial charge in [0.15, 0.2) is 0 Å². The molecule has 1 aromatic rings. The zero-order valence-electron chi connectivity index (χ0n) is 12.1. The van der Waals surface area contributed by atoms with Crippen LogP contribution in [0.3, 0.4) is 0 Å². The molecule has 0 bridgehead atoms. The second-order valence-electron chi connectivity index (χ2n) is 4.60. The van der Waals surface area contributed by atoms with Crippen molar-refractivity contribution in [1.82, 2.24) is 5.32 Å². The monoisotopic (exact) mass is 281 g/mol.